The minimum Gasteiger partial charge on any atom is -0.369 e. The van der Waals surface area contributed by atoms with E-state index in [1.165, 1.54) is 0 Å². The van der Waals surface area contributed by atoms with Gasteiger partial charge in [0, 0.05) is 19.3 Å². The molecule has 1 aliphatic heterocycles. The van der Waals surface area contributed by atoms with Crippen molar-refractivity contribution >= 4 is 12.6 Å². The van der Waals surface area contributed by atoms with E-state index >= 15 is 0 Å². The molecule has 0 aromatic carbocycles. The Labute approximate surface area is 95.9 Å². The molecule has 0 radical (unpaired) electrons. The number of thiol groups is 1. The third-order valence-electron chi connectivity index (χ3n) is 2.60. The number of likely N-dealkylation sites (tertiary alicyclic amines) is 1. The zero-order valence-corrected chi connectivity index (χ0v) is 9.73. The Morgan fingerprint density at radius 3 is 3.00 bits per heavy atom. The van der Waals surface area contributed by atoms with E-state index in [0.29, 0.717) is 18.1 Å². The first kappa shape index (κ1) is 10.9. The number of hydrogen-bond donors (Lipinski definition) is 1. The van der Waals surface area contributed by atoms with Crippen LogP contribution < -0.4 is 0 Å². The predicted molar refractivity (Wildman–Crippen MR) is 62.8 cm³/mol. The first-order chi connectivity index (χ1) is 7.25. The molecule has 2 rings (SSSR count). The Morgan fingerprint density at radius 1 is 1.60 bits per heavy atom. The van der Waals surface area contributed by atoms with Gasteiger partial charge in [-0.1, -0.05) is 6.07 Å². The lowest BCUT2D eigenvalue weighted by atomic mass is 10.2. The van der Waals surface area contributed by atoms with E-state index in [-0.39, 0.29) is 0 Å². The molecule has 2 heterocycles. The number of ether oxygens (including phenoxy) is 1. The lowest BCUT2D eigenvalue weighted by Gasteiger charge is -2.41. The van der Waals surface area contributed by atoms with Gasteiger partial charge in [0.2, 0.25) is 0 Å². The highest BCUT2D eigenvalue weighted by Crippen LogP contribution is 2.17. The maximum absolute atomic E-state index is 5.71. The zero-order chi connectivity index (χ0) is 10.7. The normalized spacial score (nSPS) is 19.9. The van der Waals surface area contributed by atoms with Gasteiger partial charge in [-0.05, 0) is 19.1 Å². The highest BCUT2D eigenvalue weighted by molar-refractivity contribution is 7.80. The lowest BCUT2D eigenvalue weighted by molar-refractivity contribution is -0.0655. The quantitative estimate of drug-likeness (QED) is 0.786. The molecule has 0 saturated carbocycles. The summed E-state index contributed by atoms with van der Waals surface area (Å²) < 4.78 is 5.71. The van der Waals surface area contributed by atoms with Crippen LogP contribution in [0.2, 0.25) is 0 Å². The molecule has 1 aromatic heterocycles. The van der Waals surface area contributed by atoms with Crippen LogP contribution in [-0.4, -0.2) is 34.5 Å². The molecule has 0 amide bonds. The van der Waals surface area contributed by atoms with Gasteiger partial charge in [0.15, 0.2) is 0 Å². The second-order valence-electron chi connectivity index (χ2n) is 3.84. The Balaban J connectivity index is 1.69. The molecule has 15 heavy (non-hydrogen) atoms. The highest BCUT2D eigenvalue weighted by atomic mass is 32.1. The van der Waals surface area contributed by atoms with E-state index in [1.807, 2.05) is 18.2 Å². The number of pyridine rings is 1. The number of aromatic nitrogens is 1. The number of nitrogens with zero attached hydrogens (tertiary/aromatic N) is 2. The molecule has 0 N–H and O–H groups in total. The minimum absolute atomic E-state index is 0.333. The summed E-state index contributed by atoms with van der Waals surface area (Å²) in [5.41, 5.74) is 0.995. The van der Waals surface area contributed by atoms with Gasteiger partial charge >= 0.3 is 0 Å². The highest BCUT2D eigenvalue weighted by Gasteiger charge is 2.29. The van der Waals surface area contributed by atoms with Crippen LogP contribution in [0.25, 0.3) is 0 Å². The molecule has 1 saturated heterocycles. The molecule has 4 heteroatoms. The van der Waals surface area contributed by atoms with Gasteiger partial charge in [-0.3, -0.25) is 9.88 Å². The van der Waals surface area contributed by atoms with Crippen LogP contribution in [-0.2, 0) is 11.3 Å². The molecule has 1 atom stereocenters. The van der Waals surface area contributed by atoms with Crippen molar-refractivity contribution in [1.29, 1.82) is 0 Å². The van der Waals surface area contributed by atoms with Crippen LogP contribution in [0.15, 0.2) is 24.4 Å². The second kappa shape index (κ2) is 4.96. The summed E-state index contributed by atoms with van der Waals surface area (Å²) in [4.78, 5) is 6.48. The predicted octanol–water partition coefficient (Wildman–Crippen LogP) is 1.56. The summed E-state index contributed by atoms with van der Waals surface area (Å²) >= 11 is 4.36. The molecule has 0 spiro atoms. The van der Waals surface area contributed by atoms with Crippen molar-refractivity contribution in [2.45, 2.75) is 25.0 Å². The van der Waals surface area contributed by atoms with Crippen molar-refractivity contribution in [3.63, 3.8) is 0 Å². The Bertz CT molecular complexity index is 299. The fourth-order valence-corrected chi connectivity index (χ4v) is 1.76. The smallest absolute Gasteiger partial charge is 0.0892 e. The molecule has 1 aliphatic rings. The van der Waals surface area contributed by atoms with Crippen LogP contribution in [0.1, 0.15) is 12.6 Å². The average molecular weight is 224 g/mol. The van der Waals surface area contributed by atoms with Crippen molar-refractivity contribution in [2.75, 3.05) is 13.1 Å². The van der Waals surface area contributed by atoms with E-state index < -0.39 is 0 Å². The first-order valence-corrected chi connectivity index (χ1v) is 5.71. The van der Waals surface area contributed by atoms with Gasteiger partial charge in [0.1, 0.15) is 0 Å². The summed E-state index contributed by atoms with van der Waals surface area (Å²) in [5, 5.41) is 0.333. The van der Waals surface area contributed by atoms with Crippen molar-refractivity contribution in [3.05, 3.63) is 30.1 Å². The summed E-state index contributed by atoms with van der Waals surface area (Å²) in [6.45, 7) is 4.66. The van der Waals surface area contributed by atoms with Gasteiger partial charge in [0.25, 0.3) is 0 Å². The fraction of sp³-hybridized carbons (Fsp3) is 0.545. The largest absolute Gasteiger partial charge is 0.369 e. The molecule has 3 nitrogen and oxygen atoms in total. The second-order valence-corrected chi connectivity index (χ2v) is 4.59. The molecule has 0 bridgehead atoms. The van der Waals surface area contributed by atoms with E-state index in [2.05, 4.69) is 29.4 Å². The SMILES string of the molecule is CC(S)N1CC(OCc2ccccn2)C1. The van der Waals surface area contributed by atoms with Crippen LogP contribution in [0.5, 0.6) is 0 Å². The first-order valence-electron chi connectivity index (χ1n) is 5.19. The summed E-state index contributed by atoms with van der Waals surface area (Å²) in [5.74, 6) is 0. The average Bonchev–Trinajstić information content (AvgIpc) is 2.16. The zero-order valence-electron chi connectivity index (χ0n) is 8.84. The summed E-state index contributed by atoms with van der Waals surface area (Å²) in [6.07, 6.45) is 2.14. The fourth-order valence-electron chi connectivity index (χ4n) is 1.57. The van der Waals surface area contributed by atoms with Gasteiger partial charge in [-0.25, -0.2) is 0 Å². The summed E-state index contributed by atoms with van der Waals surface area (Å²) in [6, 6.07) is 5.88. The van der Waals surface area contributed by atoms with Gasteiger partial charge in [-0.15, -0.1) is 0 Å². The minimum atomic E-state index is 0.333. The molecule has 1 unspecified atom stereocenters. The van der Waals surface area contributed by atoms with Crippen LogP contribution in [0.4, 0.5) is 0 Å². The Hall–Kier alpha value is -0.580. The molecule has 82 valence electrons. The molecule has 1 aromatic rings. The van der Waals surface area contributed by atoms with E-state index in [1.54, 1.807) is 6.20 Å². The number of hydrogen-bond acceptors (Lipinski definition) is 4. The topological polar surface area (TPSA) is 25.4 Å². The number of rotatable bonds is 4. The van der Waals surface area contributed by atoms with E-state index in [9.17, 15) is 0 Å². The Kier molecular flexibility index (Phi) is 3.61. The molecule has 0 aliphatic carbocycles. The van der Waals surface area contributed by atoms with Crippen molar-refractivity contribution < 1.29 is 4.74 Å². The lowest BCUT2D eigenvalue weighted by Crippen LogP contribution is -2.54. The molecule has 1 fully saturated rings. The Morgan fingerprint density at radius 2 is 2.40 bits per heavy atom. The monoisotopic (exact) mass is 224 g/mol. The maximum atomic E-state index is 5.71. The third kappa shape index (κ3) is 2.93. The third-order valence-corrected chi connectivity index (χ3v) is 2.92. The van der Waals surface area contributed by atoms with Gasteiger partial charge in [0.05, 0.1) is 23.8 Å². The van der Waals surface area contributed by atoms with Crippen molar-refractivity contribution in [1.82, 2.24) is 9.88 Å². The van der Waals surface area contributed by atoms with Crippen LogP contribution in [0.3, 0.4) is 0 Å². The van der Waals surface area contributed by atoms with Crippen molar-refractivity contribution in [2.24, 2.45) is 0 Å². The standard InChI is InChI=1S/C11H16N2OS/c1-9(15)13-6-11(7-13)14-8-10-4-2-3-5-12-10/h2-5,9,11,15H,6-8H2,1H3. The van der Waals surface area contributed by atoms with E-state index in [4.69, 9.17) is 4.74 Å². The van der Waals surface area contributed by atoms with Crippen LogP contribution in [0, 0.1) is 0 Å². The molecular weight excluding hydrogens is 208 g/mol. The van der Waals surface area contributed by atoms with Gasteiger partial charge in [-0.2, -0.15) is 12.6 Å². The van der Waals surface area contributed by atoms with Gasteiger partial charge < -0.3 is 4.74 Å². The van der Waals surface area contributed by atoms with Crippen molar-refractivity contribution in [3.8, 4) is 0 Å². The summed E-state index contributed by atoms with van der Waals surface area (Å²) in [7, 11) is 0. The van der Waals surface area contributed by atoms with Crippen LogP contribution >= 0.6 is 12.6 Å². The maximum Gasteiger partial charge on any atom is 0.0892 e. The van der Waals surface area contributed by atoms with E-state index in [0.717, 1.165) is 18.8 Å². The molecular formula is C11H16N2OS.